The molecular weight excluding hydrogens is 386 g/mol. The zero-order chi connectivity index (χ0) is 20.4. The fraction of sp³-hybridized carbons (Fsp3) is 0.682. The summed E-state index contributed by atoms with van der Waals surface area (Å²) < 4.78 is 28.3. The van der Waals surface area contributed by atoms with Crippen LogP contribution < -0.4 is 4.72 Å². The predicted molar refractivity (Wildman–Crippen MR) is 113 cm³/mol. The summed E-state index contributed by atoms with van der Waals surface area (Å²) in [6.07, 6.45) is 6.96. The maximum Gasteiger partial charge on any atom is 0.241 e. The first-order valence-corrected chi connectivity index (χ1v) is 12.5. The molecule has 0 aromatic heterocycles. The van der Waals surface area contributed by atoms with Gasteiger partial charge in [-0.05, 0) is 57.1 Å². The van der Waals surface area contributed by atoms with Crippen molar-refractivity contribution in [3.05, 3.63) is 29.8 Å². The first-order valence-electron chi connectivity index (χ1n) is 11.0. The van der Waals surface area contributed by atoms with Crippen molar-refractivity contribution in [2.24, 2.45) is 5.92 Å². The first kappa shape index (κ1) is 20.8. The number of rotatable bonds is 5. The van der Waals surface area contributed by atoms with Gasteiger partial charge in [0.15, 0.2) is 0 Å². The molecule has 1 aliphatic heterocycles. The molecule has 0 unspecified atom stereocenters. The Morgan fingerprint density at radius 3 is 2.21 bits per heavy atom. The minimum absolute atomic E-state index is 0.0458. The molecule has 0 atom stereocenters. The molecule has 1 saturated heterocycles. The Bertz CT molecular complexity index is 821. The average Bonchev–Trinajstić information content (AvgIpc) is 2.67. The van der Waals surface area contributed by atoms with Gasteiger partial charge < -0.3 is 4.90 Å². The summed E-state index contributed by atoms with van der Waals surface area (Å²) in [6.45, 7) is 5.50. The molecule has 2 saturated carbocycles. The summed E-state index contributed by atoms with van der Waals surface area (Å²) in [5, 5.41) is 0. The molecule has 1 amide bonds. The highest BCUT2D eigenvalue weighted by molar-refractivity contribution is 7.89. The van der Waals surface area contributed by atoms with Crippen LogP contribution in [0.3, 0.4) is 0 Å². The van der Waals surface area contributed by atoms with E-state index in [1.807, 2.05) is 24.0 Å². The lowest BCUT2D eigenvalue weighted by atomic mass is 9.85. The van der Waals surface area contributed by atoms with Gasteiger partial charge in [-0.15, -0.1) is 0 Å². The number of hydrogen-bond acceptors (Lipinski definition) is 4. The van der Waals surface area contributed by atoms with Crippen molar-refractivity contribution >= 4 is 15.9 Å². The van der Waals surface area contributed by atoms with Gasteiger partial charge in [0, 0.05) is 44.2 Å². The molecule has 160 valence electrons. The van der Waals surface area contributed by atoms with E-state index in [-0.39, 0.29) is 17.9 Å². The number of carbonyl (C=O) groups is 1. The maximum absolute atomic E-state index is 12.9. The molecule has 6 nitrogen and oxygen atoms in total. The minimum Gasteiger partial charge on any atom is -0.340 e. The average molecular weight is 420 g/mol. The predicted octanol–water partition coefficient (Wildman–Crippen LogP) is 2.53. The van der Waals surface area contributed by atoms with Crippen LogP contribution in [0.4, 0.5) is 0 Å². The fourth-order valence-electron chi connectivity index (χ4n) is 4.92. The lowest BCUT2D eigenvalue weighted by Crippen LogP contribution is -2.54. The number of nitrogens with zero attached hydrogens (tertiary/aromatic N) is 2. The van der Waals surface area contributed by atoms with Crippen LogP contribution in [0.25, 0.3) is 0 Å². The summed E-state index contributed by atoms with van der Waals surface area (Å²) in [5.74, 6) is 0.322. The molecule has 29 heavy (non-hydrogen) atoms. The summed E-state index contributed by atoms with van der Waals surface area (Å²) in [4.78, 5) is 17.9. The Balaban J connectivity index is 1.26. The molecule has 0 spiro atoms. The van der Waals surface area contributed by atoms with E-state index >= 15 is 0 Å². The van der Waals surface area contributed by atoms with Crippen LogP contribution in [-0.4, -0.2) is 62.4 Å². The quantitative estimate of drug-likeness (QED) is 0.796. The maximum atomic E-state index is 12.9. The molecule has 3 fully saturated rings. The molecule has 4 rings (SSSR count). The standard InChI is InChI=1S/C22H33N3O3S/c1-17-5-2-3-8-21(17)29(27,28)23-19-11-9-18(10-12-19)22(26)25-15-13-24(14-16-25)20-6-4-7-20/h2-3,5,8,18-20,23H,4,6-7,9-16H2,1H3/t18-,19-. The molecule has 2 aliphatic carbocycles. The Labute approximate surface area is 174 Å². The third kappa shape index (κ3) is 4.67. The van der Waals surface area contributed by atoms with Gasteiger partial charge in [0.05, 0.1) is 4.90 Å². The smallest absolute Gasteiger partial charge is 0.241 e. The Morgan fingerprint density at radius 1 is 0.966 bits per heavy atom. The van der Waals surface area contributed by atoms with Crippen LogP contribution in [-0.2, 0) is 14.8 Å². The lowest BCUT2D eigenvalue weighted by molar-refractivity contribution is -0.139. The number of nitrogens with one attached hydrogen (secondary N) is 1. The summed E-state index contributed by atoms with van der Waals surface area (Å²) in [6, 6.07) is 7.73. The normalized spacial score (nSPS) is 26.9. The number of carbonyl (C=O) groups excluding carboxylic acids is 1. The highest BCUT2D eigenvalue weighted by atomic mass is 32.2. The van der Waals surface area contributed by atoms with Crippen LogP contribution in [0.5, 0.6) is 0 Å². The molecule has 7 heteroatoms. The van der Waals surface area contributed by atoms with Gasteiger partial charge in [-0.25, -0.2) is 13.1 Å². The van der Waals surface area contributed by atoms with Crippen LogP contribution in [0.1, 0.15) is 50.5 Å². The van der Waals surface area contributed by atoms with E-state index in [0.29, 0.717) is 4.90 Å². The van der Waals surface area contributed by atoms with Crippen molar-refractivity contribution in [1.82, 2.24) is 14.5 Å². The minimum atomic E-state index is -3.51. The topological polar surface area (TPSA) is 69.7 Å². The zero-order valence-electron chi connectivity index (χ0n) is 17.3. The molecule has 3 aliphatic rings. The summed E-state index contributed by atoms with van der Waals surface area (Å²) in [7, 11) is -3.51. The third-order valence-corrected chi connectivity index (χ3v) is 8.68. The van der Waals surface area contributed by atoms with Gasteiger partial charge in [-0.3, -0.25) is 9.69 Å². The van der Waals surface area contributed by atoms with E-state index in [1.165, 1.54) is 19.3 Å². The van der Waals surface area contributed by atoms with Gasteiger partial charge in [0.25, 0.3) is 0 Å². The van der Waals surface area contributed by atoms with Crippen molar-refractivity contribution in [2.45, 2.75) is 68.8 Å². The SMILES string of the molecule is Cc1ccccc1S(=O)(=O)N[C@H]1CC[C@H](C(=O)N2CCN(C3CCC3)CC2)CC1. The summed E-state index contributed by atoms with van der Waals surface area (Å²) in [5.41, 5.74) is 0.755. The van der Waals surface area contributed by atoms with E-state index in [4.69, 9.17) is 0 Å². The van der Waals surface area contributed by atoms with Gasteiger partial charge in [0.2, 0.25) is 15.9 Å². The van der Waals surface area contributed by atoms with E-state index in [2.05, 4.69) is 9.62 Å². The van der Waals surface area contributed by atoms with E-state index < -0.39 is 10.0 Å². The monoisotopic (exact) mass is 419 g/mol. The van der Waals surface area contributed by atoms with Crippen molar-refractivity contribution in [1.29, 1.82) is 0 Å². The van der Waals surface area contributed by atoms with E-state index in [0.717, 1.165) is 63.5 Å². The van der Waals surface area contributed by atoms with Crippen LogP contribution in [0, 0.1) is 12.8 Å². The van der Waals surface area contributed by atoms with Crippen molar-refractivity contribution in [3.63, 3.8) is 0 Å². The Hall–Kier alpha value is -1.44. The fourth-order valence-corrected chi connectivity index (χ4v) is 6.47. The number of aryl methyl sites for hydroxylation is 1. The Morgan fingerprint density at radius 2 is 1.62 bits per heavy atom. The second-order valence-corrected chi connectivity index (χ2v) is 10.6. The highest BCUT2D eigenvalue weighted by Gasteiger charge is 2.34. The molecule has 1 aromatic carbocycles. The molecule has 1 heterocycles. The van der Waals surface area contributed by atoms with Crippen LogP contribution in [0.2, 0.25) is 0 Å². The number of amides is 1. The van der Waals surface area contributed by atoms with Crippen LogP contribution >= 0.6 is 0 Å². The highest BCUT2D eigenvalue weighted by Crippen LogP contribution is 2.29. The Kier molecular flexibility index (Phi) is 6.27. The van der Waals surface area contributed by atoms with E-state index in [9.17, 15) is 13.2 Å². The zero-order valence-corrected chi connectivity index (χ0v) is 18.2. The molecule has 1 aromatic rings. The van der Waals surface area contributed by atoms with Gasteiger partial charge in [0.1, 0.15) is 0 Å². The van der Waals surface area contributed by atoms with Gasteiger partial charge in [-0.2, -0.15) is 0 Å². The molecular formula is C22H33N3O3S. The number of piperazine rings is 1. The second kappa shape index (κ2) is 8.74. The molecule has 0 bridgehead atoms. The third-order valence-electron chi connectivity index (χ3n) is 7.00. The van der Waals surface area contributed by atoms with Crippen molar-refractivity contribution in [3.8, 4) is 0 Å². The number of sulfonamides is 1. The van der Waals surface area contributed by atoms with Crippen molar-refractivity contribution < 1.29 is 13.2 Å². The van der Waals surface area contributed by atoms with Gasteiger partial charge >= 0.3 is 0 Å². The number of benzene rings is 1. The first-order chi connectivity index (χ1) is 13.9. The largest absolute Gasteiger partial charge is 0.340 e. The summed E-state index contributed by atoms with van der Waals surface area (Å²) >= 11 is 0. The molecule has 0 radical (unpaired) electrons. The second-order valence-electron chi connectivity index (χ2n) is 8.88. The van der Waals surface area contributed by atoms with E-state index in [1.54, 1.807) is 12.1 Å². The lowest BCUT2D eigenvalue weighted by Gasteiger charge is -2.44. The van der Waals surface area contributed by atoms with Crippen LogP contribution in [0.15, 0.2) is 29.2 Å². The number of hydrogen-bond donors (Lipinski definition) is 1. The van der Waals surface area contributed by atoms with Gasteiger partial charge in [-0.1, -0.05) is 24.6 Å². The van der Waals surface area contributed by atoms with Crippen molar-refractivity contribution in [2.75, 3.05) is 26.2 Å². The molecule has 1 N–H and O–H groups in total.